The number of rotatable bonds is 10. The van der Waals surface area contributed by atoms with Crippen molar-refractivity contribution in [2.45, 2.75) is 129 Å². The topological polar surface area (TPSA) is 74.6 Å². The number of aliphatic hydroxyl groups excluding tert-OH is 2. The SMILES string of the molecule is CC(C)[Si](/C(O)=C(\F)C(=O)C(F)(F)F)(C(C)C)C(C)C.CC(C)[Si](/C(O)=C(\F)C(=O)C(F)(F)F)(C(C)C)C(C)C.[Cu]. The maximum Gasteiger partial charge on any atom is 0.457 e. The van der Waals surface area contributed by atoms with Crippen LogP contribution < -0.4 is 0 Å². The predicted octanol–water partition coefficient (Wildman–Crippen LogP) is 10.1. The van der Waals surface area contributed by atoms with Gasteiger partial charge in [-0.15, -0.1) is 0 Å². The Balaban J connectivity index is -0.000000688. The molecule has 0 aromatic carbocycles. The van der Waals surface area contributed by atoms with Gasteiger partial charge in [0.05, 0.1) is 0 Å². The summed E-state index contributed by atoms with van der Waals surface area (Å²) in [5, 5.41) is 18.3. The van der Waals surface area contributed by atoms with E-state index < -0.39 is 62.5 Å². The van der Waals surface area contributed by atoms with Crippen LogP contribution in [-0.2, 0) is 26.7 Å². The molecule has 0 atom stereocenters. The number of carbonyl (C=O) groups is 2. The van der Waals surface area contributed by atoms with Crippen LogP contribution in [0, 0.1) is 0 Å². The Morgan fingerprint density at radius 3 is 0.732 bits per heavy atom. The first kappa shape index (κ1) is 44.3. The molecule has 0 aromatic rings. The molecule has 0 aliphatic carbocycles. The number of alkyl halides is 6. The van der Waals surface area contributed by atoms with Crippen molar-refractivity contribution in [3.05, 3.63) is 22.4 Å². The van der Waals surface area contributed by atoms with Crippen molar-refractivity contribution in [1.29, 1.82) is 0 Å². The van der Waals surface area contributed by atoms with Crippen molar-refractivity contribution in [3.63, 3.8) is 0 Å². The molecule has 0 spiro atoms. The molecule has 0 unspecified atom stereocenters. The van der Waals surface area contributed by atoms with Gasteiger partial charge in [-0.25, -0.2) is 0 Å². The summed E-state index contributed by atoms with van der Waals surface area (Å²) in [6.07, 6.45) is -10.6. The van der Waals surface area contributed by atoms with E-state index in [1.165, 1.54) is 0 Å². The first-order valence-corrected chi connectivity index (χ1v) is 17.5. The number of ketones is 2. The second-order valence-corrected chi connectivity index (χ2v) is 23.4. The van der Waals surface area contributed by atoms with E-state index in [2.05, 4.69) is 0 Å². The van der Waals surface area contributed by atoms with E-state index in [0.717, 1.165) is 0 Å². The second kappa shape index (κ2) is 16.0. The van der Waals surface area contributed by atoms with Crippen LogP contribution in [0.3, 0.4) is 0 Å². The molecular weight excluding hydrogens is 648 g/mol. The van der Waals surface area contributed by atoms with E-state index in [-0.39, 0.29) is 50.3 Å². The Bertz CT molecular complexity index is 835. The normalized spacial score (nSPS) is 14.7. The minimum Gasteiger partial charge on any atom is -0.514 e. The van der Waals surface area contributed by atoms with Gasteiger partial charge in [-0.2, -0.15) is 35.1 Å². The van der Waals surface area contributed by atoms with Crippen LogP contribution in [-0.4, -0.2) is 50.3 Å². The van der Waals surface area contributed by atoms with Crippen LogP contribution >= 0.6 is 0 Å². The third kappa shape index (κ3) is 9.40. The zero-order valence-corrected chi connectivity index (χ0v) is 28.4. The van der Waals surface area contributed by atoms with Crippen LogP contribution in [0.25, 0.3) is 0 Å². The predicted molar refractivity (Wildman–Crippen MR) is 146 cm³/mol. The molecule has 15 heteroatoms. The summed E-state index contributed by atoms with van der Waals surface area (Å²) in [5.41, 5.74) is -1.20. The average molecular weight is 692 g/mol. The molecule has 0 fully saturated rings. The van der Waals surface area contributed by atoms with Crippen LogP contribution in [0.2, 0.25) is 33.2 Å². The molecule has 41 heavy (non-hydrogen) atoms. The molecule has 0 saturated carbocycles. The summed E-state index contributed by atoms with van der Waals surface area (Å²) in [7, 11) is -5.99. The molecule has 4 nitrogen and oxygen atoms in total. The van der Waals surface area contributed by atoms with Gasteiger partial charge in [-0.05, 0) is 33.2 Å². The number of hydrogen-bond acceptors (Lipinski definition) is 4. The van der Waals surface area contributed by atoms with Crippen LogP contribution in [0.15, 0.2) is 22.4 Å². The van der Waals surface area contributed by atoms with Crippen molar-refractivity contribution in [2.75, 3.05) is 0 Å². The minimum atomic E-state index is -5.32. The van der Waals surface area contributed by atoms with Gasteiger partial charge in [0.15, 0.2) is 0 Å². The van der Waals surface area contributed by atoms with E-state index >= 15 is 0 Å². The Morgan fingerprint density at radius 1 is 0.488 bits per heavy atom. The van der Waals surface area contributed by atoms with Crippen LogP contribution in [0.1, 0.15) is 83.1 Å². The summed E-state index contributed by atoms with van der Waals surface area (Å²) in [5.74, 6) is -9.29. The first-order valence-electron chi connectivity index (χ1n) is 13.0. The van der Waals surface area contributed by atoms with Crippen LogP contribution in [0.4, 0.5) is 35.1 Å². The number of aliphatic hydroxyl groups is 2. The fourth-order valence-electron chi connectivity index (χ4n) is 6.48. The van der Waals surface area contributed by atoms with E-state index in [1.807, 2.05) is 0 Å². The van der Waals surface area contributed by atoms with Crippen molar-refractivity contribution < 1.29 is 72.0 Å². The van der Waals surface area contributed by atoms with Gasteiger partial charge in [-0.1, -0.05) is 83.1 Å². The summed E-state index contributed by atoms with van der Waals surface area (Å²) in [6, 6.07) is 0. The number of carbonyl (C=O) groups excluding carboxylic acids is 2. The van der Waals surface area contributed by atoms with Gasteiger partial charge in [0.2, 0.25) is 11.7 Å². The van der Waals surface area contributed by atoms with Gasteiger partial charge in [0.25, 0.3) is 11.6 Å². The van der Waals surface area contributed by atoms with Gasteiger partial charge in [-0.3, -0.25) is 9.59 Å². The van der Waals surface area contributed by atoms with Crippen LogP contribution in [0.5, 0.6) is 0 Å². The average Bonchev–Trinajstić information content (AvgIpc) is 2.75. The maximum atomic E-state index is 13.9. The molecule has 0 rings (SSSR count). The molecular formula is C26H44CuF8O4Si2. The fourth-order valence-corrected chi connectivity index (χ4v) is 18.8. The summed E-state index contributed by atoms with van der Waals surface area (Å²) in [4.78, 5) is 22.0. The number of Topliss-reactive ketones (excluding diaryl/α,β-unsaturated/α-hetero) is 2. The molecule has 0 aromatic heterocycles. The Labute approximate surface area is 250 Å². The standard InChI is InChI=1S/2C13H22F4O2Si.Cu/c2*1-7(2)20(8(3)4,9(5)6)12(19)10(14)11(18)13(15,16)17;/h2*7-9,19H,1-6H3;/b2*12-10-;. The first-order chi connectivity index (χ1) is 17.6. The summed E-state index contributed by atoms with van der Waals surface area (Å²) < 4.78 is 102. The van der Waals surface area contributed by atoms with Crippen molar-refractivity contribution in [3.8, 4) is 0 Å². The zero-order chi connectivity index (χ0) is 32.9. The van der Waals surface area contributed by atoms with Crippen molar-refractivity contribution in [2.24, 2.45) is 0 Å². The molecule has 0 aliphatic heterocycles. The number of allylic oxidation sites excluding steroid dienone is 2. The molecule has 0 amide bonds. The fraction of sp³-hybridized carbons (Fsp3) is 0.769. The van der Waals surface area contributed by atoms with Crippen molar-refractivity contribution >= 4 is 27.7 Å². The smallest absolute Gasteiger partial charge is 0.457 e. The summed E-state index contributed by atoms with van der Waals surface area (Å²) >= 11 is 0. The van der Waals surface area contributed by atoms with Gasteiger partial charge < -0.3 is 10.2 Å². The monoisotopic (exact) mass is 691 g/mol. The van der Waals surface area contributed by atoms with E-state index in [1.54, 1.807) is 83.1 Å². The largest absolute Gasteiger partial charge is 0.514 e. The third-order valence-electron chi connectivity index (χ3n) is 7.88. The van der Waals surface area contributed by atoms with Gasteiger partial charge in [0.1, 0.15) is 26.9 Å². The number of halogens is 8. The molecule has 0 aliphatic rings. The number of hydrogen-bond donors (Lipinski definition) is 2. The maximum absolute atomic E-state index is 13.9. The van der Waals surface area contributed by atoms with Gasteiger partial charge in [0, 0.05) is 17.1 Å². The zero-order valence-electron chi connectivity index (χ0n) is 25.5. The second-order valence-electron chi connectivity index (χ2n) is 11.8. The molecule has 0 bridgehead atoms. The minimum absolute atomic E-state index is 0. The third-order valence-corrected chi connectivity index (χ3v) is 21.4. The molecule has 247 valence electrons. The van der Waals surface area contributed by atoms with Gasteiger partial charge >= 0.3 is 12.4 Å². The van der Waals surface area contributed by atoms with E-state index in [4.69, 9.17) is 0 Å². The Hall–Kier alpha value is -1.19. The van der Waals surface area contributed by atoms with E-state index in [9.17, 15) is 54.9 Å². The summed E-state index contributed by atoms with van der Waals surface area (Å²) in [6.45, 7) is 20.9. The molecule has 0 saturated heterocycles. The Kier molecular flexibility index (Phi) is 17.3. The quantitative estimate of drug-likeness (QED) is 0.104. The molecule has 0 heterocycles. The Morgan fingerprint density at radius 2 is 0.634 bits per heavy atom. The molecule has 1 radical (unpaired) electrons. The van der Waals surface area contributed by atoms with Crippen molar-refractivity contribution in [1.82, 2.24) is 0 Å². The molecule has 2 N–H and O–H groups in total. The van der Waals surface area contributed by atoms with E-state index in [0.29, 0.717) is 0 Å².